The van der Waals surface area contributed by atoms with Crippen LogP contribution in [-0.2, 0) is 11.2 Å². The van der Waals surface area contributed by atoms with Crippen molar-refractivity contribution in [1.82, 2.24) is 0 Å². The van der Waals surface area contributed by atoms with Crippen LogP contribution in [0.2, 0.25) is 0 Å². The zero-order valence-electron chi connectivity index (χ0n) is 10.8. The predicted molar refractivity (Wildman–Crippen MR) is 72.9 cm³/mol. The van der Waals surface area contributed by atoms with Crippen LogP contribution in [-0.4, -0.2) is 12.9 Å². The van der Waals surface area contributed by atoms with Crippen LogP contribution in [0.15, 0.2) is 48.5 Å². The molecule has 0 saturated heterocycles. The van der Waals surface area contributed by atoms with E-state index in [0.29, 0.717) is 12.8 Å². The van der Waals surface area contributed by atoms with Crippen LogP contribution in [0.4, 0.5) is 8.78 Å². The molecule has 0 radical (unpaired) electrons. The molecule has 2 nitrogen and oxygen atoms in total. The van der Waals surface area contributed by atoms with Crippen molar-refractivity contribution in [3.8, 4) is 16.9 Å². The monoisotopic (exact) mass is 276 g/mol. The second-order valence-corrected chi connectivity index (χ2v) is 4.31. The fraction of sp³-hybridized carbons (Fsp3) is 0.188. The van der Waals surface area contributed by atoms with Crippen molar-refractivity contribution in [2.45, 2.75) is 19.5 Å². The van der Waals surface area contributed by atoms with Gasteiger partial charge in [0.25, 0.3) is 0 Å². The van der Waals surface area contributed by atoms with Crippen molar-refractivity contribution in [3.05, 3.63) is 54.1 Å². The van der Waals surface area contributed by atoms with Gasteiger partial charge in [0.15, 0.2) is 0 Å². The van der Waals surface area contributed by atoms with Crippen LogP contribution in [0, 0.1) is 0 Å². The highest BCUT2D eigenvalue weighted by atomic mass is 19.3. The molecule has 0 bridgehead atoms. The standard InChI is InChI=1S/C16H14F2O2/c17-16(18)20-15-8-6-13(7-9-15)14-5-1-3-12(11-14)4-2-10-19/h1,3,5-11,16H,2,4H2. The van der Waals surface area contributed by atoms with Gasteiger partial charge in [-0.15, -0.1) is 0 Å². The lowest BCUT2D eigenvalue weighted by atomic mass is 10.0. The molecule has 104 valence electrons. The molecule has 0 amide bonds. The molecule has 0 spiro atoms. The largest absolute Gasteiger partial charge is 0.435 e. The SMILES string of the molecule is O=CCCc1cccc(-c2ccc(OC(F)F)cc2)c1. The average Bonchev–Trinajstić information content (AvgIpc) is 2.45. The maximum absolute atomic E-state index is 12.1. The summed E-state index contributed by atoms with van der Waals surface area (Å²) < 4.78 is 28.4. The van der Waals surface area contributed by atoms with Crippen molar-refractivity contribution < 1.29 is 18.3 Å². The van der Waals surface area contributed by atoms with Gasteiger partial charge in [0, 0.05) is 6.42 Å². The van der Waals surface area contributed by atoms with Crippen molar-refractivity contribution >= 4 is 6.29 Å². The fourth-order valence-electron chi connectivity index (χ4n) is 1.96. The first-order valence-electron chi connectivity index (χ1n) is 6.27. The van der Waals surface area contributed by atoms with Crippen molar-refractivity contribution in [2.75, 3.05) is 0 Å². The van der Waals surface area contributed by atoms with Crippen molar-refractivity contribution in [3.63, 3.8) is 0 Å². The predicted octanol–water partition coefficient (Wildman–Crippen LogP) is 4.09. The van der Waals surface area contributed by atoms with Gasteiger partial charge in [0.2, 0.25) is 0 Å². The maximum atomic E-state index is 12.1. The summed E-state index contributed by atoms with van der Waals surface area (Å²) in [5, 5.41) is 0. The molecule has 0 saturated carbocycles. The van der Waals surface area contributed by atoms with Gasteiger partial charge < -0.3 is 9.53 Å². The zero-order chi connectivity index (χ0) is 14.4. The van der Waals surface area contributed by atoms with E-state index >= 15 is 0 Å². The maximum Gasteiger partial charge on any atom is 0.387 e. The van der Waals surface area contributed by atoms with Gasteiger partial charge in [-0.05, 0) is 35.2 Å². The Morgan fingerprint density at radius 2 is 1.80 bits per heavy atom. The van der Waals surface area contributed by atoms with Gasteiger partial charge in [-0.1, -0.05) is 36.4 Å². The third-order valence-electron chi connectivity index (χ3n) is 2.89. The minimum atomic E-state index is -2.81. The summed E-state index contributed by atoms with van der Waals surface area (Å²) >= 11 is 0. The number of alkyl halides is 2. The van der Waals surface area contributed by atoms with E-state index in [9.17, 15) is 13.6 Å². The molecule has 2 rings (SSSR count). The summed E-state index contributed by atoms with van der Waals surface area (Å²) in [6.45, 7) is -2.81. The van der Waals surface area contributed by atoms with E-state index in [1.54, 1.807) is 12.1 Å². The molecule has 4 heteroatoms. The number of halogens is 2. The van der Waals surface area contributed by atoms with E-state index in [0.717, 1.165) is 23.0 Å². The lowest BCUT2D eigenvalue weighted by Gasteiger charge is -2.07. The van der Waals surface area contributed by atoms with Crippen LogP contribution in [0.5, 0.6) is 5.75 Å². The Kier molecular flexibility index (Phi) is 4.82. The minimum absolute atomic E-state index is 0.140. The Bertz CT molecular complexity index is 565. The second-order valence-electron chi connectivity index (χ2n) is 4.31. The minimum Gasteiger partial charge on any atom is -0.435 e. The van der Waals surface area contributed by atoms with E-state index in [4.69, 9.17) is 0 Å². The molecule has 0 atom stereocenters. The first kappa shape index (κ1) is 14.2. The van der Waals surface area contributed by atoms with Crippen LogP contribution in [0.3, 0.4) is 0 Å². The smallest absolute Gasteiger partial charge is 0.387 e. The number of aldehydes is 1. The van der Waals surface area contributed by atoms with Crippen molar-refractivity contribution in [1.29, 1.82) is 0 Å². The molecule has 0 aliphatic rings. The molecule has 0 aliphatic heterocycles. The van der Waals surface area contributed by atoms with Gasteiger partial charge in [-0.3, -0.25) is 0 Å². The Balaban J connectivity index is 2.16. The average molecular weight is 276 g/mol. The Morgan fingerprint density at radius 3 is 2.45 bits per heavy atom. The quantitative estimate of drug-likeness (QED) is 0.743. The Labute approximate surface area is 116 Å². The summed E-state index contributed by atoms with van der Waals surface area (Å²) in [5.41, 5.74) is 2.97. The van der Waals surface area contributed by atoms with Crippen LogP contribution in [0.1, 0.15) is 12.0 Å². The van der Waals surface area contributed by atoms with Crippen LogP contribution in [0.25, 0.3) is 11.1 Å². The molecule has 0 N–H and O–H groups in total. The molecule has 2 aromatic rings. The topological polar surface area (TPSA) is 26.3 Å². The third-order valence-corrected chi connectivity index (χ3v) is 2.89. The Morgan fingerprint density at radius 1 is 1.05 bits per heavy atom. The van der Waals surface area contributed by atoms with Gasteiger partial charge in [-0.2, -0.15) is 8.78 Å². The summed E-state index contributed by atoms with van der Waals surface area (Å²) in [4.78, 5) is 10.4. The van der Waals surface area contributed by atoms with E-state index in [1.165, 1.54) is 12.1 Å². The first-order valence-corrected chi connectivity index (χ1v) is 6.27. The summed E-state index contributed by atoms with van der Waals surface area (Å²) in [6.07, 6.45) is 2.08. The number of ether oxygens (including phenoxy) is 1. The van der Waals surface area contributed by atoms with Crippen LogP contribution < -0.4 is 4.74 Å². The van der Waals surface area contributed by atoms with Crippen molar-refractivity contribution in [2.24, 2.45) is 0 Å². The summed E-state index contributed by atoms with van der Waals surface area (Å²) in [5.74, 6) is 0.140. The van der Waals surface area contributed by atoms with Gasteiger partial charge in [0.1, 0.15) is 12.0 Å². The molecule has 20 heavy (non-hydrogen) atoms. The zero-order valence-corrected chi connectivity index (χ0v) is 10.8. The highest BCUT2D eigenvalue weighted by molar-refractivity contribution is 5.65. The Hall–Kier alpha value is -2.23. The number of benzene rings is 2. The molecule has 0 aromatic heterocycles. The summed E-state index contributed by atoms with van der Waals surface area (Å²) in [6, 6.07) is 14.3. The van der Waals surface area contributed by atoms with E-state index in [2.05, 4.69) is 4.74 Å². The lowest BCUT2D eigenvalue weighted by Crippen LogP contribution is -2.01. The highest BCUT2D eigenvalue weighted by Crippen LogP contribution is 2.24. The van der Waals surface area contributed by atoms with Gasteiger partial charge in [-0.25, -0.2) is 0 Å². The number of aryl methyl sites for hydroxylation is 1. The van der Waals surface area contributed by atoms with Gasteiger partial charge >= 0.3 is 6.61 Å². The number of carbonyl (C=O) groups is 1. The molecule has 0 unspecified atom stereocenters. The van der Waals surface area contributed by atoms with Gasteiger partial charge in [0.05, 0.1) is 0 Å². The molecule has 0 fully saturated rings. The van der Waals surface area contributed by atoms with Crippen LogP contribution >= 0.6 is 0 Å². The highest BCUT2D eigenvalue weighted by Gasteiger charge is 2.05. The number of hydrogen-bond acceptors (Lipinski definition) is 2. The number of carbonyl (C=O) groups excluding carboxylic acids is 1. The number of hydrogen-bond donors (Lipinski definition) is 0. The molecular weight excluding hydrogens is 262 g/mol. The van der Waals surface area contributed by atoms with E-state index < -0.39 is 6.61 Å². The first-order chi connectivity index (χ1) is 9.69. The molecule has 0 heterocycles. The lowest BCUT2D eigenvalue weighted by molar-refractivity contribution is -0.107. The normalized spacial score (nSPS) is 10.6. The molecule has 2 aromatic carbocycles. The summed E-state index contributed by atoms with van der Waals surface area (Å²) in [7, 11) is 0. The fourth-order valence-corrected chi connectivity index (χ4v) is 1.96. The number of rotatable bonds is 6. The third kappa shape index (κ3) is 3.88. The molecule has 0 aliphatic carbocycles. The van der Waals surface area contributed by atoms with E-state index in [1.807, 2.05) is 24.3 Å². The molecular formula is C16H14F2O2. The van der Waals surface area contributed by atoms with E-state index in [-0.39, 0.29) is 5.75 Å². The second kappa shape index (κ2) is 6.80.